The molecule has 2 aromatic heterocycles. The molecule has 4 aromatic rings. The van der Waals surface area contributed by atoms with Gasteiger partial charge in [0.15, 0.2) is 0 Å². The van der Waals surface area contributed by atoms with E-state index in [0.29, 0.717) is 29.5 Å². The standard InChI is InChI=1S/C22H16ClN3O3/c1-24-12-14(21-25-18-4-2-3-5-19(18)26-21)10-15-7-9-20(29-15)13-6-8-17(23)16(11-13)22(27)28/h2-11H,1,12H2,(H,25,26)(H,27,28)/b14-10+. The molecule has 0 unspecified atom stereocenters. The summed E-state index contributed by atoms with van der Waals surface area (Å²) in [6.45, 7) is 3.94. The van der Waals surface area contributed by atoms with Gasteiger partial charge in [-0.2, -0.15) is 0 Å². The molecule has 0 aliphatic carbocycles. The highest BCUT2D eigenvalue weighted by atomic mass is 35.5. The Labute approximate surface area is 171 Å². The molecule has 6 nitrogen and oxygen atoms in total. The van der Waals surface area contributed by atoms with Crippen molar-refractivity contribution < 1.29 is 14.3 Å². The van der Waals surface area contributed by atoms with Gasteiger partial charge in [-0.25, -0.2) is 9.78 Å². The Kier molecular flexibility index (Phi) is 5.01. The number of aromatic nitrogens is 2. The molecule has 0 radical (unpaired) electrons. The quantitative estimate of drug-likeness (QED) is 0.419. The maximum absolute atomic E-state index is 11.3. The number of imidazole rings is 1. The van der Waals surface area contributed by atoms with Gasteiger partial charge in [-0.05, 0) is 55.3 Å². The zero-order valence-electron chi connectivity index (χ0n) is 15.2. The molecule has 4 rings (SSSR count). The number of nitrogens with zero attached hydrogens (tertiary/aromatic N) is 2. The molecule has 2 N–H and O–H groups in total. The van der Waals surface area contributed by atoms with Crippen LogP contribution in [0.1, 0.15) is 21.9 Å². The fourth-order valence-corrected chi connectivity index (χ4v) is 3.21. The Morgan fingerprint density at radius 3 is 2.83 bits per heavy atom. The Morgan fingerprint density at radius 2 is 2.07 bits per heavy atom. The topological polar surface area (TPSA) is 91.5 Å². The highest BCUT2D eigenvalue weighted by molar-refractivity contribution is 6.33. The molecule has 0 aliphatic heterocycles. The molecule has 0 fully saturated rings. The van der Waals surface area contributed by atoms with E-state index < -0.39 is 5.97 Å². The summed E-state index contributed by atoms with van der Waals surface area (Å²) in [5, 5.41) is 9.43. The number of hydrogen-bond donors (Lipinski definition) is 2. The minimum Gasteiger partial charge on any atom is -0.478 e. The number of carboxylic acids is 1. The summed E-state index contributed by atoms with van der Waals surface area (Å²) >= 11 is 5.94. The van der Waals surface area contributed by atoms with E-state index in [1.54, 1.807) is 24.3 Å². The van der Waals surface area contributed by atoms with Gasteiger partial charge in [-0.1, -0.05) is 23.7 Å². The third kappa shape index (κ3) is 3.83. The zero-order chi connectivity index (χ0) is 20.4. The second-order valence-corrected chi connectivity index (χ2v) is 6.76. The Bertz CT molecular complexity index is 1220. The van der Waals surface area contributed by atoms with Gasteiger partial charge in [0.1, 0.15) is 17.3 Å². The Morgan fingerprint density at radius 1 is 1.24 bits per heavy atom. The molecular weight excluding hydrogens is 390 g/mol. The maximum atomic E-state index is 11.3. The van der Waals surface area contributed by atoms with Crippen molar-refractivity contribution in [3.8, 4) is 11.3 Å². The highest BCUT2D eigenvalue weighted by Gasteiger charge is 2.13. The molecule has 0 bridgehead atoms. The van der Waals surface area contributed by atoms with Crippen LogP contribution in [0.25, 0.3) is 34.0 Å². The number of aromatic carboxylic acids is 1. The summed E-state index contributed by atoms with van der Waals surface area (Å²) in [7, 11) is 0. The van der Waals surface area contributed by atoms with Crippen LogP contribution in [0.5, 0.6) is 0 Å². The van der Waals surface area contributed by atoms with Crippen molar-refractivity contribution in [1.82, 2.24) is 9.97 Å². The van der Waals surface area contributed by atoms with Crippen LogP contribution < -0.4 is 0 Å². The number of carbonyl (C=O) groups is 1. The number of H-pyrrole nitrogens is 1. The second-order valence-electron chi connectivity index (χ2n) is 6.36. The summed E-state index contributed by atoms with van der Waals surface area (Å²) in [5.41, 5.74) is 3.26. The van der Waals surface area contributed by atoms with E-state index in [9.17, 15) is 9.90 Å². The fraction of sp³-hybridized carbons (Fsp3) is 0.0455. The predicted molar refractivity (Wildman–Crippen MR) is 114 cm³/mol. The van der Waals surface area contributed by atoms with Gasteiger partial charge >= 0.3 is 5.97 Å². The molecule has 0 saturated heterocycles. The number of para-hydroxylation sites is 2. The lowest BCUT2D eigenvalue weighted by molar-refractivity contribution is 0.0697. The highest BCUT2D eigenvalue weighted by Crippen LogP contribution is 2.28. The van der Waals surface area contributed by atoms with Gasteiger partial charge in [0.25, 0.3) is 0 Å². The number of fused-ring (bicyclic) bond motifs is 1. The number of halogens is 1. The predicted octanol–water partition coefficient (Wildman–Crippen LogP) is 5.42. The maximum Gasteiger partial charge on any atom is 0.337 e. The third-order valence-electron chi connectivity index (χ3n) is 4.40. The minimum absolute atomic E-state index is 0.0245. The summed E-state index contributed by atoms with van der Waals surface area (Å²) in [6.07, 6.45) is 1.84. The summed E-state index contributed by atoms with van der Waals surface area (Å²) < 4.78 is 5.90. The van der Waals surface area contributed by atoms with Crippen molar-refractivity contribution in [2.45, 2.75) is 0 Å². The van der Waals surface area contributed by atoms with Gasteiger partial charge in [-0.15, -0.1) is 0 Å². The monoisotopic (exact) mass is 405 g/mol. The SMILES string of the molecule is C=NC/C(=C\c1ccc(-c2ccc(Cl)c(C(=O)O)c2)o1)c1nc2ccccc2[nH]1. The summed E-state index contributed by atoms with van der Waals surface area (Å²) in [6, 6.07) is 16.1. The van der Waals surface area contributed by atoms with E-state index in [1.807, 2.05) is 30.3 Å². The van der Waals surface area contributed by atoms with E-state index in [1.165, 1.54) is 6.07 Å². The van der Waals surface area contributed by atoms with Gasteiger partial charge in [0.05, 0.1) is 28.2 Å². The van der Waals surface area contributed by atoms with Gasteiger partial charge < -0.3 is 14.5 Å². The first kappa shape index (κ1) is 18.7. The smallest absolute Gasteiger partial charge is 0.337 e. The molecule has 0 aliphatic rings. The number of carboxylic acid groups (broad SMARTS) is 1. The molecule has 7 heteroatoms. The fourth-order valence-electron chi connectivity index (χ4n) is 3.01. The van der Waals surface area contributed by atoms with E-state index in [-0.39, 0.29) is 10.6 Å². The number of benzene rings is 2. The van der Waals surface area contributed by atoms with Crippen LogP contribution >= 0.6 is 11.6 Å². The van der Waals surface area contributed by atoms with Crippen LogP contribution in [0.3, 0.4) is 0 Å². The van der Waals surface area contributed by atoms with Crippen molar-refractivity contribution in [2.75, 3.05) is 6.54 Å². The molecule has 29 heavy (non-hydrogen) atoms. The van der Waals surface area contributed by atoms with Crippen molar-refractivity contribution in [1.29, 1.82) is 0 Å². The van der Waals surface area contributed by atoms with Crippen LogP contribution in [0.2, 0.25) is 5.02 Å². The lowest BCUT2D eigenvalue weighted by Crippen LogP contribution is -1.97. The van der Waals surface area contributed by atoms with Gasteiger partial charge in [0, 0.05) is 11.1 Å². The molecule has 144 valence electrons. The summed E-state index contributed by atoms with van der Waals surface area (Å²) in [5.74, 6) is 0.723. The lowest BCUT2D eigenvalue weighted by atomic mass is 10.1. The first-order valence-electron chi connectivity index (χ1n) is 8.76. The molecule has 2 heterocycles. The van der Waals surface area contributed by atoms with Crippen LogP contribution in [0.15, 0.2) is 64.0 Å². The average Bonchev–Trinajstić information content (AvgIpc) is 3.34. The molecule has 2 aromatic carbocycles. The minimum atomic E-state index is -1.09. The molecule has 0 atom stereocenters. The van der Waals surface area contributed by atoms with Crippen LogP contribution in [0, 0.1) is 0 Å². The number of furan rings is 1. The van der Waals surface area contributed by atoms with Crippen LogP contribution in [-0.2, 0) is 0 Å². The van der Waals surface area contributed by atoms with Crippen molar-refractivity contribution in [3.05, 3.63) is 76.8 Å². The first-order chi connectivity index (χ1) is 14.0. The Balaban J connectivity index is 1.70. The van der Waals surface area contributed by atoms with Crippen molar-refractivity contribution >= 4 is 47.0 Å². The lowest BCUT2D eigenvalue weighted by Gasteiger charge is -2.02. The zero-order valence-corrected chi connectivity index (χ0v) is 16.0. The number of hydrogen-bond acceptors (Lipinski definition) is 4. The number of nitrogens with one attached hydrogen (secondary N) is 1. The van der Waals surface area contributed by atoms with Crippen LogP contribution in [0.4, 0.5) is 0 Å². The van der Waals surface area contributed by atoms with Crippen LogP contribution in [-0.4, -0.2) is 34.3 Å². The normalized spacial score (nSPS) is 11.7. The number of aliphatic imine (C=N–C) groups is 1. The Hall–Kier alpha value is -3.64. The van der Waals surface area contributed by atoms with E-state index >= 15 is 0 Å². The number of rotatable bonds is 6. The largest absolute Gasteiger partial charge is 0.478 e. The van der Waals surface area contributed by atoms with Gasteiger partial charge in [-0.3, -0.25) is 4.99 Å². The number of aromatic amines is 1. The molecular formula is C22H16ClN3O3. The molecule has 0 spiro atoms. The summed E-state index contributed by atoms with van der Waals surface area (Å²) in [4.78, 5) is 23.2. The molecule has 0 amide bonds. The first-order valence-corrected chi connectivity index (χ1v) is 9.14. The van der Waals surface area contributed by atoms with E-state index in [2.05, 4.69) is 21.7 Å². The van der Waals surface area contributed by atoms with Crippen molar-refractivity contribution in [2.24, 2.45) is 4.99 Å². The second kappa shape index (κ2) is 7.77. The van der Waals surface area contributed by atoms with Gasteiger partial charge in [0.2, 0.25) is 0 Å². The average molecular weight is 406 g/mol. The molecule has 0 saturated carbocycles. The van der Waals surface area contributed by atoms with E-state index in [4.69, 9.17) is 16.0 Å². The third-order valence-corrected chi connectivity index (χ3v) is 4.73. The van der Waals surface area contributed by atoms with E-state index in [0.717, 1.165) is 16.6 Å². The van der Waals surface area contributed by atoms with Crippen molar-refractivity contribution in [3.63, 3.8) is 0 Å².